The van der Waals surface area contributed by atoms with Crippen LogP contribution in [0.5, 0.6) is 0 Å². The van der Waals surface area contributed by atoms with Gasteiger partial charge in [0.05, 0.1) is 17.3 Å². The van der Waals surface area contributed by atoms with Crippen LogP contribution in [0.2, 0.25) is 0 Å². The first-order valence-electron chi connectivity index (χ1n) is 6.98. The molecule has 0 radical (unpaired) electrons. The largest absolute Gasteiger partial charge is 0.399 e. The van der Waals surface area contributed by atoms with Gasteiger partial charge >= 0.3 is 0 Å². The number of hydrogen-bond donors (Lipinski definition) is 1. The molecule has 1 aliphatic carbocycles. The second kappa shape index (κ2) is 5.79. The van der Waals surface area contributed by atoms with Gasteiger partial charge in [-0.25, -0.2) is 0 Å². The summed E-state index contributed by atoms with van der Waals surface area (Å²) in [5.74, 6) is 0. The number of hydrogen-bond acceptors (Lipinski definition) is 3. The Labute approximate surface area is 133 Å². The van der Waals surface area contributed by atoms with Gasteiger partial charge in [-0.2, -0.15) is 5.26 Å². The fourth-order valence-corrected chi connectivity index (χ4v) is 3.03. The maximum absolute atomic E-state index is 8.98. The topological polar surface area (TPSA) is 53.0 Å². The molecule has 2 aromatic carbocycles. The fraction of sp³-hybridized carbons (Fsp3) is 0.235. The number of anilines is 2. The van der Waals surface area contributed by atoms with Crippen molar-refractivity contribution in [3.05, 3.63) is 58.1 Å². The minimum Gasteiger partial charge on any atom is -0.399 e. The van der Waals surface area contributed by atoms with Crippen molar-refractivity contribution in [2.75, 3.05) is 10.6 Å². The second-order valence-corrected chi connectivity index (χ2v) is 6.23. The highest BCUT2D eigenvalue weighted by atomic mass is 79.9. The molecule has 106 valence electrons. The van der Waals surface area contributed by atoms with Gasteiger partial charge < -0.3 is 10.6 Å². The third-order valence-corrected chi connectivity index (χ3v) is 4.34. The lowest BCUT2D eigenvalue weighted by molar-refractivity contribution is 0.792. The summed E-state index contributed by atoms with van der Waals surface area (Å²) in [5.41, 5.74) is 9.60. The van der Waals surface area contributed by atoms with Gasteiger partial charge in [0.1, 0.15) is 0 Å². The molecule has 1 fully saturated rings. The van der Waals surface area contributed by atoms with E-state index >= 15 is 0 Å². The summed E-state index contributed by atoms with van der Waals surface area (Å²) in [6.45, 7) is 0.857. The maximum atomic E-state index is 8.98. The first kappa shape index (κ1) is 14.0. The summed E-state index contributed by atoms with van der Waals surface area (Å²) >= 11 is 3.60. The number of nitrogens with zero attached hydrogens (tertiary/aromatic N) is 2. The summed E-state index contributed by atoms with van der Waals surface area (Å²) in [7, 11) is 0. The van der Waals surface area contributed by atoms with Crippen molar-refractivity contribution in [3.8, 4) is 6.07 Å². The molecule has 2 N–H and O–H groups in total. The molecule has 0 aliphatic heterocycles. The Morgan fingerprint density at radius 3 is 2.48 bits per heavy atom. The summed E-state index contributed by atoms with van der Waals surface area (Å²) in [6, 6.07) is 16.6. The minimum atomic E-state index is 0.590. The van der Waals surface area contributed by atoms with Crippen molar-refractivity contribution >= 4 is 27.3 Å². The van der Waals surface area contributed by atoms with Crippen LogP contribution < -0.4 is 10.6 Å². The average molecular weight is 342 g/mol. The van der Waals surface area contributed by atoms with Crippen molar-refractivity contribution in [2.24, 2.45) is 0 Å². The normalized spacial score (nSPS) is 13.7. The summed E-state index contributed by atoms with van der Waals surface area (Å²) in [4.78, 5) is 2.40. The first-order chi connectivity index (χ1) is 10.2. The predicted octanol–water partition coefficient (Wildman–Crippen LogP) is 4.07. The predicted molar refractivity (Wildman–Crippen MR) is 88.9 cm³/mol. The third kappa shape index (κ3) is 3.20. The molecule has 3 rings (SSSR count). The highest BCUT2D eigenvalue weighted by molar-refractivity contribution is 9.10. The van der Waals surface area contributed by atoms with E-state index in [0.29, 0.717) is 11.6 Å². The smallest absolute Gasteiger partial charge is 0.0992 e. The van der Waals surface area contributed by atoms with Crippen LogP contribution in [0.25, 0.3) is 0 Å². The Hall–Kier alpha value is -1.99. The molecule has 2 aromatic rings. The molecule has 0 atom stereocenters. The number of rotatable bonds is 4. The molecule has 0 bridgehead atoms. The Bertz CT molecular complexity index is 684. The van der Waals surface area contributed by atoms with E-state index < -0.39 is 0 Å². The Morgan fingerprint density at radius 2 is 1.90 bits per heavy atom. The van der Waals surface area contributed by atoms with Gasteiger partial charge in [0, 0.05) is 22.7 Å². The van der Waals surface area contributed by atoms with Crippen molar-refractivity contribution < 1.29 is 0 Å². The van der Waals surface area contributed by atoms with E-state index in [4.69, 9.17) is 11.0 Å². The van der Waals surface area contributed by atoms with Gasteiger partial charge in [-0.05, 0) is 64.7 Å². The van der Waals surface area contributed by atoms with E-state index in [1.165, 1.54) is 18.4 Å². The van der Waals surface area contributed by atoms with Crippen molar-refractivity contribution in [3.63, 3.8) is 0 Å². The molecule has 0 amide bonds. The summed E-state index contributed by atoms with van der Waals surface area (Å²) in [5, 5.41) is 8.98. The molecule has 21 heavy (non-hydrogen) atoms. The Kier molecular flexibility index (Phi) is 3.85. The van der Waals surface area contributed by atoms with E-state index in [1.54, 1.807) is 0 Å². The lowest BCUT2D eigenvalue weighted by atomic mass is 10.1. The van der Waals surface area contributed by atoms with Gasteiger partial charge in [-0.15, -0.1) is 0 Å². The monoisotopic (exact) mass is 341 g/mol. The van der Waals surface area contributed by atoms with E-state index in [1.807, 2.05) is 30.3 Å². The van der Waals surface area contributed by atoms with Crippen LogP contribution in [0.1, 0.15) is 24.0 Å². The number of benzene rings is 2. The molecule has 3 nitrogen and oxygen atoms in total. The molecule has 0 unspecified atom stereocenters. The van der Waals surface area contributed by atoms with Crippen molar-refractivity contribution in [1.82, 2.24) is 0 Å². The molecule has 0 saturated heterocycles. The molecular formula is C17H16BrN3. The zero-order chi connectivity index (χ0) is 14.8. The summed E-state index contributed by atoms with van der Waals surface area (Å²) in [6.07, 6.45) is 2.45. The standard InChI is InChI=1S/C17H16BrN3/c18-16-9-13(10-19)3-8-17(16)21(15-6-7-15)11-12-1-4-14(20)5-2-12/h1-5,8-9,15H,6-7,11,20H2. The zero-order valence-corrected chi connectivity index (χ0v) is 13.2. The van der Waals surface area contributed by atoms with Gasteiger partial charge in [0.25, 0.3) is 0 Å². The third-order valence-electron chi connectivity index (χ3n) is 3.71. The van der Waals surface area contributed by atoms with Gasteiger partial charge in [0.15, 0.2) is 0 Å². The molecular weight excluding hydrogens is 326 g/mol. The van der Waals surface area contributed by atoms with Crippen LogP contribution in [0, 0.1) is 11.3 Å². The van der Waals surface area contributed by atoms with E-state index in [2.05, 4.69) is 39.0 Å². The van der Waals surface area contributed by atoms with Crippen LogP contribution >= 0.6 is 15.9 Å². The van der Waals surface area contributed by atoms with E-state index in [9.17, 15) is 0 Å². The van der Waals surface area contributed by atoms with Gasteiger partial charge in [-0.1, -0.05) is 12.1 Å². The van der Waals surface area contributed by atoms with Crippen LogP contribution in [0.15, 0.2) is 46.9 Å². The lowest BCUT2D eigenvalue weighted by Crippen LogP contribution is -2.25. The van der Waals surface area contributed by atoms with Crippen LogP contribution in [-0.4, -0.2) is 6.04 Å². The average Bonchev–Trinajstić information content (AvgIpc) is 3.32. The molecule has 0 aromatic heterocycles. The highest BCUT2D eigenvalue weighted by Crippen LogP contribution is 2.37. The van der Waals surface area contributed by atoms with E-state index in [0.717, 1.165) is 22.4 Å². The van der Waals surface area contributed by atoms with Crippen molar-refractivity contribution in [1.29, 1.82) is 5.26 Å². The quantitative estimate of drug-likeness (QED) is 0.852. The van der Waals surface area contributed by atoms with E-state index in [-0.39, 0.29) is 0 Å². The number of nitriles is 1. The lowest BCUT2D eigenvalue weighted by Gasteiger charge is -2.26. The SMILES string of the molecule is N#Cc1ccc(N(Cc2ccc(N)cc2)C2CC2)c(Br)c1. The second-order valence-electron chi connectivity index (χ2n) is 5.38. The zero-order valence-electron chi connectivity index (χ0n) is 11.6. The van der Waals surface area contributed by atoms with Crippen LogP contribution in [-0.2, 0) is 6.54 Å². The maximum Gasteiger partial charge on any atom is 0.0992 e. The Morgan fingerprint density at radius 1 is 1.19 bits per heavy atom. The number of nitrogen functional groups attached to an aromatic ring is 1. The molecule has 0 spiro atoms. The first-order valence-corrected chi connectivity index (χ1v) is 7.77. The number of halogens is 1. The highest BCUT2D eigenvalue weighted by Gasteiger charge is 2.30. The van der Waals surface area contributed by atoms with Gasteiger partial charge in [-0.3, -0.25) is 0 Å². The van der Waals surface area contributed by atoms with Crippen LogP contribution in [0.4, 0.5) is 11.4 Å². The summed E-state index contributed by atoms with van der Waals surface area (Å²) < 4.78 is 0.976. The number of nitrogens with two attached hydrogens (primary N) is 1. The molecule has 0 heterocycles. The molecule has 1 aliphatic rings. The van der Waals surface area contributed by atoms with Crippen LogP contribution in [0.3, 0.4) is 0 Å². The van der Waals surface area contributed by atoms with Crippen molar-refractivity contribution in [2.45, 2.75) is 25.4 Å². The minimum absolute atomic E-state index is 0.590. The van der Waals surface area contributed by atoms with Gasteiger partial charge in [0.2, 0.25) is 0 Å². The molecule has 4 heteroatoms. The Balaban J connectivity index is 1.88. The molecule has 1 saturated carbocycles. The fourth-order valence-electron chi connectivity index (χ4n) is 2.43.